The molecule has 8 heteroatoms. The maximum atomic E-state index is 9.72. The molecule has 0 fully saturated rings. The first-order valence-corrected chi connectivity index (χ1v) is 1.76. The molecule has 0 saturated heterocycles. The van der Waals surface area contributed by atoms with Crippen molar-refractivity contribution in [1.29, 1.82) is 0 Å². The second-order valence-corrected chi connectivity index (χ2v) is 0.849. The van der Waals surface area contributed by atoms with Crippen LogP contribution in [0.15, 0.2) is 0 Å². The zero-order valence-corrected chi connectivity index (χ0v) is 4.34. The predicted molar refractivity (Wildman–Crippen MR) is 20.4 cm³/mol. The molecule has 0 aromatic heterocycles. The van der Waals surface area contributed by atoms with Gasteiger partial charge in [0.05, 0.1) is 0 Å². The van der Waals surface area contributed by atoms with E-state index in [-0.39, 0.29) is 0 Å². The van der Waals surface area contributed by atoms with Crippen molar-refractivity contribution >= 4 is 12.3 Å². The van der Waals surface area contributed by atoms with E-state index >= 15 is 0 Å². The molecular weight excluding hydrogens is 152 g/mol. The lowest BCUT2D eigenvalue weighted by Gasteiger charge is -1.94. The fraction of sp³-hybridized carbons (Fsp3) is 0. The predicted octanol–water partition coefficient (Wildman–Crippen LogP) is 0.154. The highest BCUT2D eigenvalue weighted by Gasteiger charge is 2.10. The van der Waals surface area contributed by atoms with E-state index in [1.807, 2.05) is 0 Å². The summed E-state index contributed by atoms with van der Waals surface area (Å²) >= 11 is 0. The van der Waals surface area contributed by atoms with Crippen LogP contribution in [0.25, 0.3) is 0 Å². The standard InChI is InChI=1S/C2H2O8/c3-1(7-5)9-10-2(4)8-6/h5-6H. The normalized spacial score (nSPS) is 7.80. The van der Waals surface area contributed by atoms with Crippen LogP contribution in [0.5, 0.6) is 0 Å². The SMILES string of the molecule is O=C(OO)OOC(=O)OO. The maximum Gasteiger partial charge on any atom is 0.582 e. The Balaban J connectivity index is 3.35. The molecule has 0 aliphatic carbocycles. The van der Waals surface area contributed by atoms with Crippen LogP contribution in [0.2, 0.25) is 0 Å². The summed E-state index contributed by atoms with van der Waals surface area (Å²) in [6.07, 6.45) is -3.35. The summed E-state index contributed by atoms with van der Waals surface area (Å²) in [5.41, 5.74) is 0. The molecule has 0 aliphatic heterocycles. The molecule has 0 saturated carbocycles. The van der Waals surface area contributed by atoms with Crippen molar-refractivity contribution in [2.24, 2.45) is 0 Å². The molecule has 0 rings (SSSR count). The Hall–Kier alpha value is -1.54. The van der Waals surface area contributed by atoms with Gasteiger partial charge in [0.1, 0.15) is 0 Å². The molecule has 0 aromatic rings. The van der Waals surface area contributed by atoms with Crippen molar-refractivity contribution in [2.75, 3.05) is 0 Å². The van der Waals surface area contributed by atoms with Gasteiger partial charge in [-0.2, -0.15) is 29.9 Å². The number of rotatable bonds is 0. The van der Waals surface area contributed by atoms with E-state index in [0.29, 0.717) is 0 Å². The highest BCUT2D eigenvalue weighted by Crippen LogP contribution is 1.86. The number of hydrogen-bond acceptors (Lipinski definition) is 8. The van der Waals surface area contributed by atoms with Gasteiger partial charge in [-0.1, -0.05) is 0 Å². The fourth-order valence-corrected chi connectivity index (χ4v) is 0.0985. The lowest BCUT2D eigenvalue weighted by molar-refractivity contribution is -0.302. The third-order valence-corrected chi connectivity index (χ3v) is 0.327. The summed E-state index contributed by atoms with van der Waals surface area (Å²) in [5.74, 6) is 0. The Morgan fingerprint density at radius 1 is 0.900 bits per heavy atom. The highest BCUT2D eigenvalue weighted by atomic mass is 17.3. The summed E-state index contributed by atoms with van der Waals surface area (Å²) < 4.78 is 0. The van der Waals surface area contributed by atoms with Gasteiger partial charge in [0.25, 0.3) is 0 Å². The zero-order valence-electron chi connectivity index (χ0n) is 4.34. The van der Waals surface area contributed by atoms with Crippen LogP contribution in [0.4, 0.5) is 9.59 Å². The minimum atomic E-state index is -1.68. The van der Waals surface area contributed by atoms with Crippen LogP contribution < -0.4 is 0 Å². The van der Waals surface area contributed by atoms with Crippen LogP contribution in [0, 0.1) is 0 Å². The van der Waals surface area contributed by atoms with Crippen molar-refractivity contribution in [2.45, 2.75) is 0 Å². The lowest BCUT2D eigenvalue weighted by atomic mass is 11.4. The molecule has 0 aromatic carbocycles. The molecular formula is C2H2O8. The Bertz CT molecular complexity index is 111. The third kappa shape index (κ3) is 3.46. The lowest BCUT2D eigenvalue weighted by Crippen LogP contribution is -2.11. The monoisotopic (exact) mass is 154 g/mol. The average Bonchev–Trinajstić information content (AvgIpc) is 1.99. The molecule has 0 amide bonds. The van der Waals surface area contributed by atoms with Crippen molar-refractivity contribution in [3.63, 3.8) is 0 Å². The zero-order chi connectivity index (χ0) is 7.98. The van der Waals surface area contributed by atoms with Gasteiger partial charge in [0.2, 0.25) is 0 Å². The van der Waals surface area contributed by atoms with Crippen LogP contribution in [0.1, 0.15) is 0 Å². The van der Waals surface area contributed by atoms with Crippen LogP contribution >= 0.6 is 0 Å². The van der Waals surface area contributed by atoms with E-state index in [1.165, 1.54) is 0 Å². The van der Waals surface area contributed by atoms with Gasteiger partial charge in [-0.25, -0.2) is 0 Å². The Morgan fingerprint density at radius 2 is 1.20 bits per heavy atom. The molecule has 8 nitrogen and oxygen atoms in total. The highest BCUT2D eigenvalue weighted by molar-refractivity contribution is 5.62. The van der Waals surface area contributed by atoms with E-state index in [0.717, 1.165) is 0 Å². The quantitative estimate of drug-likeness (QED) is 0.374. The smallest absolute Gasteiger partial charge is 0.260 e. The molecule has 0 aliphatic rings. The number of hydrogen-bond donors (Lipinski definition) is 2. The van der Waals surface area contributed by atoms with Gasteiger partial charge in [-0.3, -0.25) is 9.78 Å². The van der Waals surface area contributed by atoms with E-state index in [4.69, 9.17) is 10.5 Å². The van der Waals surface area contributed by atoms with E-state index in [9.17, 15) is 9.59 Å². The summed E-state index contributed by atoms with van der Waals surface area (Å²) in [6.45, 7) is 0. The molecule has 58 valence electrons. The molecule has 0 spiro atoms. The largest absolute Gasteiger partial charge is 0.582 e. The first-order chi connectivity index (χ1) is 4.70. The van der Waals surface area contributed by atoms with Crippen LogP contribution in [-0.2, 0) is 19.6 Å². The number of carbonyl (C=O) groups excluding carboxylic acids is 2. The minimum Gasteiger partial charge on any atom is -0.260 e. The van der Waals surface area contributed by atoms with E-state index < -0.39 is 12.3 Å². The van der Waals surface area contributed by atoms with Crippen LogP contribution in [-0.4, -0.2) is 22.8 Å². The summed E-state index contributed by atoms with van der Waals surface area (Å²) in [6, 6.07) is 0. The average molecular weight is 154 g/mol. The van der Waals surface area contributed by atoms with Crippen LogP contribution in [0.3, 0.4) is 0 Å². The summed E-state index contributed by atoms with van der Waals surface area (Å²) in [4.78, 5) is 31.8. The van der Waals surface area contributed by atoms with Gasteiger partial charge in [0.15, 0.2) is 0 Å². The van der Waals surface area contributed by atoms with Crippen molar-refractivity contribution in [1.82, 2.24) is 0 Å². The maximum absolute atomic E-state index is 9.72. The second kappa shape index (κ2) is 4.35. The van der Waals surface area contributed by atoms with E-state index in [2.05, 4.69) is 19.6 Å². The summed E-state index contributed by atoms with van der Waals surface area (Å²) in [5, 5.41) is 14.9. The van der Waals surface area contributed by atoms with Gasteiger partial charge in [-0.15, -0.1) is 0 Å². The molecule has 2 N–H and O–H groups in total. The first kappa shape index (κ1) is 8.46. The Morgan fingerprint density at radius 3 is 1.40 bits per heavy atom. The second-order valence-electron chi connectivity index (χ2n) is 0.849. The minimum absolute atomic E-state index is 1.68. The third-order valence-electron chi connectivity index (χ3n) is 0.327. The first-order valence-electron chi connectivity index (χ1n) is 1.76. The fourth-order valence-electron chi connectivity index (χ4n) is 0.0985. The summed E-state index contributed by atoms with van der Waals surface area (Å²) in [7, 11) is 0. The van der Waals surface area contributed by atoms with Crippen molar-refractivity contribution < 1.29 is 39.7 Å². The molecule has 0 bridgehead atoms. The Labute approximate surface area is 53.3 Å². The molecule has 10 heavy (non-hydrogen) atoms. The number of carbonyl (C=O) groups is 2. The van der Waals surface area contributed by atoms with Gasteiger partial charge in [-0.05, 0) is 0 Å². The molecule has 0 radical (unpaired) electrons. The van der Waals surface area contributed by atoms with Crippen molar-refractivity contribution in [3.8, 4) is 0 Å². The van der Waals surface area contributed by atoms with E-state index in [1.54, 1.807) is 0 Å². The molecule has 0 atom stereocenters. The van der Waals surface area contributed by atoms with Gasteiger partial charge < -0.3 is 0 Å². The van der Waals surface area contributed by atoms with Gasteiger partial charge in [0, 0.05) is 0 Å². The van der Waals surface area contributed by atoms with Gasteiger partial charge >= 0.3 is 12.3 Å². The topological polar surface area (TPSA) is 112 Å². The molecule has 0 heterocycles. The van der Waals surface area contributed by atoms with Crippen molar-refractivity contribution in [3.05, 3.63) is 0 Å². The molecule has 0 unspecified atom stereocenters. The Kier molecular flexibility index (Phi) is 3.68.